The van der Waals surface area contributed by atoms with Crippen molar-refractivity contribution < 1.29 is 9.47 Å². The van der Waals surface area contributed by atoms with E-state index in [1.807, 2.05) is 24.3 Å². The lowest BCUT2D eigenvalue weighted by Crippen LogP contribution is -2.27. The van der Waals surface area contributed by atoms with E-state index in [-0.39, 0.29) is 0 Å². The van der Waals surface area contributed by atoms with Crippen LogP contribution < -0.4 is 10.5 Å². The standard InChI is InChI=1S/C14H22N2O2/c1-17-14-6-7-16(11-14)8-9-18-13-4-2-12(10-15)3-5-13/h2-5,14H,6-11,15H2,1H3. The first kappa shape index (κ1) is 13.3. The van der Waals surface area contributed by atoms with Crippen molar-refractivity contribution in [3.8, 4) is 5.75 Å². The first-order chi connectivity index (χ1) is 8.81. The summed E-state index contributed by atoms with van der Waals surface area (Å²) in [5.41, 5.74) is 6.68. The molecule has 1 aliphatic heterocycles. The zero-order valence-electron chi connectivity index (χ0n) is 11.0. The van der Waals surface area contributed by atoms with E-state index in [1.54, 1.807) is 7.11 Å². The second kappa shape index (κ2) is 6.73. The third-order valence-electron chi connectivity index (χ3n) is 3.40. The number of nitrogens with zero attached hydrogens (tertiary/aromatic N) is 1. The van der Waals surface area contributed by atoms with Crippen LogP contribution in [-0.2, 0) is 11.3 Å². The van der Waals surface area contributed by atoms with E-state index in [0.717, 1.165) is 44.0 Å². The summed E-state index contributed by atoms with van der Waals surface area (Å²) >= 11 is 0. The van der Waals surface area contributed by atoms with Gasteiger partial charge in [-0.25, -0.2) is 0 Å². The van der Waals surface area contributed by atoms with E-state index in [1.165, 1.54) is 0 Å². The fourth-order valence-electron chi connectivity index (χ4n) is 2.21. The van der Waals surface area contributed by atoms with Gasteiger partial charge < -0.3 is 15.2 Å². The smallest absolute Gasteiger partial charge is 0.119 e. The van der Waals surface area contributed by atoms with Gasteiger partial charge in [0.1, 0.15) is 12.4 Å². The summed E-state index contributed by atoms with van der Waals surface area (Å²) in [5, 5.41) is 0. The number of ether oxygens (including phenoxy) is 2. The summed E-state index contributed by atoms with van der Waals surface area (Å²) in [4.78, 5) is 2.38. The highest BCUT2D eigenvalue weighted by Gasteiger charge is 2.21. The molecule has 1 unspecified atom stereocenters. The van der Waals surface area contributed by atoms with E-state index >= 15 is 0 Å². The van der Waals surface area contributed by atoms with Gasteiger partial charge in [0.05, 0.1) is 6.10 Å². The van der Waals surface area contributed by atoms with Gasteiger partial charge in [0.25, 0.3) is 0 Å². The summed E-state index contributed by atoms with van der Waals surface area (Å²) in [6.07, 6.45) is 1.52. The molecule has 1 aliphatic rings. The van der Waals surface area contributed by atoms with Crippen LogP contribution in [0.2, 0.25) is 0 Å². The Morgan fingerprint density at radius 3 is 2.72 bits per heavy atom. The molecule has 1 atom stereocenters. The van der Waals surface area contributed by atoms with Crippen LogP contribution in [0.25, 0.3) is 0 Å². The molecule has 0 aliphatic carbocycles. The van der Waals surface area contributed by atoms with Crippen molar-refractivity contribution in [3.05, 3.63) is 29.8 Å². The zero-order chi connectivity index (χ0) is 12.8. The summed E-state index contributed by atoms with van der Waals surface area (Å²) < 4.78 is 11.1. The Kier molecular flexibility index (Phi) is 4.99. The number of hydrogen-bond acceptors (Lipinski definition) is 4. The molecule has 4 nitrogen and oxygen atoms in total. The zero-order valence-corrected chi connectivity index (χ0v) is 11.0. The Morgan fingerprint density at radius 2 is 2.11 bits per heavy atom. The topological polar surface area (TPSA) is 47.7 Å². The van der Waals surface area contributed by atoms with Gasteiger partial charge in [0.2, 0.25) is 0 Å². The van der Waals surface area contributed by atoms with Crippen molar-refractivity contribution in [2.24, 2.45) is 5.73 Å². The monoisotopic (exact) mass is 250 g/mol. The molecule has 0 aromatic heterocycles. The molecule has 2 N–H and O–H groups in total. The molecule has 1 fully saturated rings. The van der Waals surface area contributed by atoms with Gasteiger partial charge in [-0.1, -0.05) is 12.1 Å². The maximum atomic E-state index is 5.71. The van der Waals surface area contributed by atoms with E-state index in [2.05, 4.69) is 4.90 Å². The summed E-state index contributed by atoms with van der Waals surface area (Å²) in [6, 6.07) is 7.96. The minimum atomic E-state index is 0.397. The fourth-order valence-corrected chi connectivity index (χ4v) is 2.21. The maximum Gasteiger partial charge on any atom is 0.119 e. The normalized spacial score (nSPS) is 20.2. The molecule has 2 rings (SSSR count). The molecule has 4 heteroatoms. The third-order valence-corrected chi connectivity index (χ3v) is 3.40. The molecular weight excluding hydrogens is 228 g/mol. The lowest BCUT2D eigenvalue weighted by atomic mass is 10.2. The molecule has 0 spiro atoms. The average molecular weight is 250 g/mol. The highest BCUT2D eigenvalue weighted by Crippen LogP contribution is 2.13. The van der Waals surface area contributed by atoms with Crippen molar-refractivity contribution >= 4 is 0 Å². The molecule has 1 saturated heterocycles. The number of benzene rings is 1. The minimum absolute atomic E-state index is 0.397. The quantitative estimate of drug-likeness (QED) is 0.825. The highest BCUT2D eigenvalue weighted by atomic mass is 16.5. The molecule has 1 aromatic rings. The maximum absolute atomic E-state index is 5.71. The summed E-state index contributed by atoms with van der Waals surface area (Å²) in [7, 11) is 1.78. The molecule has 0 bridgehead atoms. The largest absolute Gasteiger partial charge is 0.492 e. The Bertz CT molecular complexity index is 353. The van der Waals surface area contributed by atoms with Crippen molar-refractivity contribution in [2.75, 3.05) is 33.4 Å². The van der Waals surface area contributed by atoms with E-state index in [4.69, 9.17) is 15.2 Å². The van der Waals surface area contributed by atoms with E-state index in [0.29, 0.717) is 12.6 Å². The lowest BCUT2D eigenvalue weighted by molar-refractivity contribution is 0.106. The van der Waals surface area contributed by atoms with Crippen LogP contribution >= 0.6 is 0 Å². The SMILES string of the molecule is COC1CCN(CCOc2ccc(CN)cc2)C1. The fraction of sp³-hybridized carbons (Fsp3) is 0.571. The molecule has 0 amide bonds. The van der Waals surface area contributed by atoms with Crippen LogP contribution in [0, 0.1) is 0 Å². The van der Waals surface area contributed by atoms with Crippen molar-refractivity contribution in [1.29, 1.82) is 0 Å². The molecule has 0 radical (unpaired) electrons. The Hall–Kier alpha value is -1.10. The summed E-state index contributed by atoms with van der Waals surface area (Å²) in [5.74, 6) is 0.912. The van der Waals surface area contributed by atoms with Crippen LogP contribution in [0.3, 0.4) is 0 Å². The predicted molar refractivity (Wildman–Crippen MR) is 71.7 cm³/mol. The Morgan fingerprint density at radius 1 is 1.33 bits per heavy atom. The number of rotatable bonds is 6. The van der Waals surface area contributed by atoms with Gasteiger partial charge in [-0.05, 0) is 24.1 Å². The van der Waals surface area contributed by atoms with Gasteiger partial charge >= 0.3 is 0 Å². The van der Waals surface area contributed by atoms with Crippen LogP contribution in [-0.4, -0.2) is 44.4 Å². The highest BCUT2D eigenvalue weighted by molar-refractivity contribution is 5.27. The molecule has 18 heavy (non-hydrogen) atoms. The van der Waals surface area contributed by atoms with Gasteiger partial charge in [-0.2, -0.15) is 0 Å². The summed E-state index contributed by atoms with van der Waals surface area (Å²) in [6.45, 7) is 4.38. The molecule has 1 aromatic carbocycles. The Labute approximate surface area is 109 Å². The second-order valence-corrected chi connectivity index (χ2v) is 4.64. The van der Waals surface area contributed by atoms with Crippen LogP contribution in [0.4, 0.5) is 0 Å². The molecular formula is C14H22N2O2. The van der Waals surface area contributed by atoms with Crippen molar-refractivity contribution in [1.82, 2.24) is 4.90 Å². The average Bonchev–Trinajstić information content (AvgIpc) is 2.87. The molecule has 0 saturated carbocycles. The van der Waals surface area contributed by atoms with E-state index in [9.17, 15) is 0 Å². The number of hydrogen-bond donors (Lipinski definition) is 1. The number of nitrogens with two attached hydrogens (primary N) is 1. The van der Waals surface area contributed by atoms with E-state index < -0.39 is 0 Å². The minimum Gasteiger partial charge on any atom is -0.492 e. The first-order valence-corrected chi connectivity index (χ1v) is 6.49. The third kappa shape index (κ3) is 3.70. The second-order valence-electron chi connectivity index (χ2n) is 4.64. The number of methoxy groups -OCH3 is 1. The van der Waals surface area contributed by atoms with Crippen LogP contribution in [0.15, 0.2) is 24.3 Å². The predicted octanol–water partition coefficient (Wildman–Crippen LogP) is 1.24. The van der Waals surface area contributed by atoms with Crippen molar-refractivity contribution in [3.63, 3.8) is 0 Å². The Balaban J connectivity index is 1.68. The first-order valence-electron chi connectivity index (χ1n) is 6.49. The molecule has 100 valence electrons. The van der Waals surface area contributed by atoms with Gasteiger partial charge in [0.15, 0.2) is 0 Å². The van der Waals surface area contributed by atoms with Gasteiger partial charge in [-0.15, -0.1) is 0 Å². The van der Waals surface area contributed by atoms with Gasteiger partial charge in [0, 0.05) is 33.3 Å². The van der Waals surface area contributed by atoms with Gasteiger partial charge in [-0.3, -0.25) is 4.90 Å². The van der Waals surface area contributed by atoms with Crippen LogP contribution in [0.1, 0.15) is 12.0 Å². The lowest BCUT2D eigenvalue weighted by Gasteiger charge is -2.16. The number of likely N-dealkylation sites (tertiary alicyclic amines) is 1. The molecule has 1 heterocycles. The van der Waals surface area contributed by atoms with Crippen LogP contribution in [0.5, 0.6) is 5.75 Å². The van der Waals surface area contributed by atoms with Crippen molar-refractivity contribution in [2.45, 2.75) is 19.1 Å².